The van der Waals surface area contributed by atoms with Gasteiger partial charge >= 0.3 is 0 Å². The highest BCUT2D eigenvalue weighted by molar-refractivity contribution is 5.94. The Morgan fingerprint density at radius 1 is 1.12 bits per heavy atom. The van der Waals surface area contributed by atoms with Crippen molar-refractivity contribution in [2.45, 2.75) is 26.2 Å². The number of amides is 1. The second-order valence-electron chi connectivity index (χ2n) is 3.78. The van der Waals surface area contributed by atoms with E-state index in [2.05, 4.69) is 5.32 Å². The molecule has 3 nitrogen and oxygen atoms in total. The van der Waals surface area contributed by atoms with Gasteiger partial charge in [-0.3, -0.25) is 4.79 Å². The standard InChI is InChI=1S/C13H17NO2/c1-11(15)7-5-6-10-14-13(16)12-8-3-2-4-9-12/h2-4,8-9H,5-7,10H2,1H3,(H,14,16). The van der Waals surface area contributed by atoms with E-state index in [-0.39, 0.29) is 11.7 Å². The van der Waals surface area contributed by atoms with E-state index in [1.165, 1.54) is 0 Å². The van der Waals surface area contributed by atoms with E-state index in [1.54, 1.807) is 19.1 Å². The van der Waals surface area contributed by atoms with Crippen LogP contribution in [0.3, 0.4) is 0 Å². The van der Waals surface area contributed by atoms with Crippen molar-refractivity contribution in [3.63, 3.8) is 0 Å². The van der Waals surface area contributed by atoms with Gasteiger partial charge in [0.2, 0.25) is 0 Å². The summed E-state index contributed by atoms with van der Waals surface area (Å²) in [7, 11) is 0. The zero-order valence-electron chi connectivity index (χ0n) is 9.53. The van der Waals surface area contributed by atoms with E-state index in [1.807, 2.05) is 18.2 Å². The van der Waals surface area contributed by atoms with Crippen LogP contribution in [0.1, 0.15) is 36.5 Å². The number of unbranched alkanes of at least 4 members (excludes halogenated alkanes) is 1. The first-order chi connectivity index (χ1) is 7.70. The van der Waals surface area contributed by atoms with Crippen molar-refractivity contribution >= 4 is 11.7 Å². The van der Waals surface area contributed by atoms with E-state index in [4.69, 9.17) is 0 Å². The van der Waals surface area contributed by atoms with Crippen LogP contribution in [0.5, 0.6) is 0 Å². The number of ketones is 1. The van der Waals surface area contributed by atoms with E-state index in [9.17, 15) is 9.59 Å². The number of hydrogen-bond donors (Lipinski definition) is 1. The second kappa shape index (κ2) is 6.77. The van der Waals surface area contributed by atoms with E-state index in [0.29, 0.717) is 18.5 Å². The summed E-state index contributed by atoms with van der Waals surface area (Å²) in [6, 6.07) is 9.12. The average Bonchev–Trinajstić information content (AvgIpc) is 2.29. The fourth-order valence-corrected chi connectivity index (χ4v) is 1.39. The van der Waals surface area contributed by atoms with Crippen LogP contribution >= 0.6 is 0 Å². The van der Waals surface area contributed by atoms with E-state index in [0.717, 1.165) is 12.8 Å². The normalized spacial score (nSPS) is 9.81. The van der Waals surface area contributed by atoms with Gasteiger partial charge in [0.05, 0.1) is 0 Å². The predicted octanol–water partition coefficient (Wildman–Crippen LogP) is 2.18. The average molecular weight is 219 g/mol. The van der Waals surface area contributed by atoms with Gasteiger partial charge in [0, 0.05) is 18.5 Å². The Morgan fingerprint density at radius 3 is 2.44 bits per heavy atom. The van der Waals surface area contributed by atoms with Gasteiger partial charge in [-0.2, -0.15) is 0 Å². The minimum absolute atomic E-state index is 0.0524. The summed E-state index contributed by atoms with van der Waals surface area (Å²) in [4.78, 5) is 22.2. The van der Waals surface area contributed by atoms with Crippen LogP contribution in [0.2, 0.25) is 0 Å². The van der Waals surface area contributed by atoms with Gasteiger partial charge in [-0.15, -0.1) is 0 Å². The fourth-order valence-electron chi connectivity index (χ4n) is 1.39. The lowest BCUT2D eigenvalue weighted by Crippen LogP contribution is -2.24. The molecule has 1 aromatic carbocycles. The van der Waals surface area contributed by atoms with Gasteiger partial charge in [0.25, 0.3) is 5.91 Å². The molecule has 0 saturated heterocycles. The van der Waals surface area contributed by atoms with Crippen molar-refractivity contribution < 1.29 is 9.59 Å². The summed E-state index contributed by atoms with van der Waals surface area (Å²) in [5, 5.41) is 2.82. The van der Waals surface area contributed by atoms with Crippen LogP contribution in [-0.2, 0) is 4.79 Å². The maximum absolute atomic E-state index is 11.6. The molecular weight excluding hydrogens is 202 g/mol. The summed E-state index contributed by atoms with van der Waals surface area (Å²) in [6.07, 6.45) is 2.28. The molecule has 1 amide bonds. The molecule has 1 N–H and O–H groups in total. The SMILES string of the molecule is CC(=O)CCCCNC(=O)c1ccccc1. The molecule has 1 aromatic rings. The van der Waals surface area contributed by atoms with Gasteiger partial charge in [-0.1, -0.05) is 18.2 Å². The van der Waals surface area contributed by atoms with Gasteiger partial charge in [0.15, 0.2) is 0 Å². The monoisotopic (exact) mass is 219 g/mol. The molecule has 0 aliphatic heterocycles. The van der Waals surface area contributed by atoms with Gasteiger partial charge in [-0.25, -0.2) is 0 Å². The van der Waals surface area contributed by atoms with Crippen molar-refractivity contribution in [3.8, 4) is 0 Å². The molecule has 86 valence electrons. The molecule has 16 heavy (non-hydrogen) atoms. The zero-order chi connectivity index (χ0) is 11.8. The van der Waals surface area contributed by atoms with E-state index < -0.39 is 0 Å². The van der Waals surface area contributed by atoms with Crippen molar-refractivity contribution in [2.24, 2.45) is 0 Å². The number of carbonyl (C=O) groups excluding carboxylic acids is 2. The highest BCUT2D eigenvalue weighted by Gasteiger charge is 2.02. The first-order valence-corrected chi connectivity index (χ1v) is 5.53. The third-order valence-corrected chi connectivity index (χ3v) is 2.28. The van der Waals surface area contributed by atoms with Crippen LogP contribution < -0.4 is 5.32 Å². The number of rotatable bonds is 6. The van der Waals surface area contributed by atoms with Crippen LogP contribution in [0.15, 0.2) is 30.3 Å². The first kappa shape index (κ1) is 12.4. The molecule has 0 aliphatic carbocycles. The number of benzene rings is 1. The summed E-state index contributed by atoms with van der Waals surface area (Å²) in [5.41, 5.74) is 0.675. The number of Topliss-reactive ketones (excluding diaryl/α,β-unsaturated/α-hetero) is 1. The third kappa shape index (κ3) is 4.73. The second-order valence-corrected chi connectivity index (χ2v) is 3.78. The lowest BCUT2D eigenvalue weighted by atomic mass is 10.2. The maximum atomic E-state index is 11.6. The van der Waals surface area contributed by atoms with Gasteiger partial charge in [-0.05, 0) is 31.9 Å². The lowest BCUT2D eigenvalue weighted by molar-refractivity contribution is -0.117. The molecule has 0 aliphatic rings. The largest absolute Gasteiger partial charge is 0.352 e. The molecule has 0 fully saturated rings. The van der Waals surface area contributed by atoms with Gasteiger partial charge < -0.3 is 10.1 Å². The predicted molar refractivity (Wildman–Crippen MR) is 63.3 cm³/mol. The molecule has 0 saturated carbocycles. The molecule has 3 heteroatoms. The molecule has 0 heterocycles. The quantitative estimate of drug-likeness (QED) is 0.745. The lowest BCUT2D eigenvalue weighted by Gasteiger charge is -2.04. The van der Waals surface area contributed by atoms with Crippen molar-refractivity contribution in [2.75, 3.05) is 6.54 Å². The highest BCUT2D eigenvalue weighted by Crippen LogP contribution is 1.99. The Balaban J connectivity index is 2.19. The third-order valence-electron chi connectivity index (χ3n) is 2.28. The summed E-state index contributed by atoms with van der Waals surface area (Å²) in [6.45, 7) is 2.21. The van der Waals surface area contributed by atoms with Crippen molar-refractivity contribution in [3.05, 3.63) is 35.9 Å². The Bertz CT molecular complexity index is 346. The Labute approximate surface area is 95.9 Å². The minimum atomic E-state index is -0.0524. The zero-order valence-corrected chi connectivity index (χ0v) is 9.53. The molecule has 0 spiro atoms. The topological polar surface area (TPSA) is 46.2 Å². The molecule has 0 aromatic heterocycles. The Kier molecular flexibility index (Phi) is 5.26. The van der Waals surface area contributed by atoms with Crippen LogP contribution in [0.4, 0.5) is 0 Å². The Hall–Kier alpha value is -1.64. The molecule has 0 atom stereocenters. The maximum Gasteiger partial charge on any atom is 0.251 e. The summed E-state index contributed by atoms with van der Waals surface area (Å²) >= 11 is 0. The first-order valence-electron chi connectivity index (χ1n) is 5.53. The van der Waals surface area contributed by atoms with Crippen molar-refractivity contribution in [1.82, 2.24) is 5.32 Å². The summed E-state index contributed by atoms with van der Waals surface area (Å²) in [5.74, 6) is 0.151. The highest BCUT2D eigenvalue weighted by atomic mass is 16.1. The van der Waals surface area contributed by atoms with Crippen LogP contribution in [0.25, 0.3) is 0 Å². The molecule has 0 bridgehead atoms. The minimum Gasteiger partial charge on any atom is -0.352 e. The smallest absolute Gasteiger partial charge is 0.251 e. The molecular formula is C13H17NO2. The fraction of sp³-hybridized carbons (Fsp3) is 0.385. The van der Waals surface area contributed by atoms with Gasteiger partial charge in [0.1, 0.15) is 5.78 Å². The molecule has 1 rings (SSSR count). The van der Waals surface area contributed by atoms with Crippen molar-refractivity contribution in [1.29, 1.82) is 0 Å². The van der Waals surface area contributed by atoms with E-state index >= 15 is 0 Å². The Morgan fingerprint density at radius 2 is 1.81 bits per heavy atom. The van der Waals surface area contributed by atoms with Crippen LogP contribution in [-0.4, -0.2) is 18.2 Å². The summed E-state index contributed by atoms with van der Waals surface area (Å²) < 4.78 is 0. The number of hydrogen-bond acceptors (Lipinski definition) is 2. The number of carbonyl (C=O) groups is 2. The molecule has 0 radical (unpaired) electrons. The molecule has 0 unspecified atom stereocenters. The van der Waals surface area contributed by atoms with Crippen LogP contribution in [0, 0.1) is 0 Å². The number of nitrogens with one attached hydrogen (secondary N) is 1.